The van der Waals surface area contributed by atoms with Gasteiger partial charge in [-0.25, -0.2) is 0 Å². The van der Waals surface area contributed by atoms with E-state index in [0.717, 1.165) is 0 Å². The van der Waals surface area contributed by atoms with Gasteiger partial charge in [-0.2, -0.15) is 0 Å². The van der Waals surface area contributed by atoms with Crippen LogP contribution in [-0.4, -0.2) is 12.1 Å². The molecule has 2 heteroatoms. The fourth-order valence-electron chi connectivity index (χ4n) is 4.08. The standard InChI is InChI=1S/C20H24N2/c1-3-9-15(10-4-1)19-20(16-11-5-2-6-12-16)22-18-14-8-7-13-17(18)21-19/h1-6,9-12,17-22H,7-8,13-14H2/t17-,18-,19+,20+/m0/s1. The highest BCUT2D eigenvalue weighted by molar-refractivity contribution is 5.29. The summed E-state index contributed by atoms with van der Waals surface area (Å²) in [7, 11) is 0. The molecule has 1 aliphatic heterocycles. The minimum absolute atomic E-state index is 0.350. The van der Waals surface area contributed by atoms with Crippen molar-refractivity contribution in [3.63, 3.8) is 0 Å². The van der Waals surface area contributed by atoms with Crippen LogP contribution in [0.1, 0.15) is 48.9 Å². The SMILES string of the molecule is c1ccc([C@H]2N[C@H]3CCCC[C@@H]3N[C@@H]2c2ccccc2)cc1. The predicted octanol–water partition coefficient (Wildman–Crippen LogP) is 3.97. The minimum atomic E-state index is 0.350. The number of rotatable bonds is 2. The van der Waals surface area contributed by atoms with Gasteiger partial charge in [-0.15, -0.1) is 0 Å². The third-order valence-electron chi connectivity index (χ3n) is 5.20. The van der Waals surface area contributed by atoms with E-state index in [9.17, 15) is 0 Å². The van der Waals surface area contributed by atoms with Gasteiger partial charge in [0.1, 0.15) is 0 Å². The van der Waals surface area contributed by atoms with Crippen molar-refractivity contribution in [3.05, 3.63) is 71.8 Å². The smallest absolute Gasteiger partial charge is 0.0521 e. The van der Waals surface area contributed by atoms with Crippen molar-refractivity contribution >= 4 is 0 Å². The van der Waals surface area contributed by atoms with Crippen molar-refractivity contribution < 1.29 is 0 Å². The van der Waals surface area contributed by atoms with Crippen LogP contribution in [-0.2, 0) is 0 Å². The fraction of sp³-hybridized carbons (Fsp3) is 0.400. The van der Waals surface area contributed by atoms with E-state index in [1.807, 2.05) is 0 Å². The zero-order valence-corrected chi connectivity index (χ0v) is 12.9. The molecule has 1 saturated heterocycles. The quantitative estimate of drug-likeness (QED) is 0.875. The molecule has 0 unspecified atom stereocenters. The van der Waals surface area contributed by atoms with Gasteiger partial charge in [-0.3, -0.25) is 0 Å². The molecule has 0 spiro atoms. The predicted molar refractivity (Wildman–Crippen MR) is 90.7 cm³/mol. The Labute approximate surface area is 132 Å². The molecule has 0 bridgehead atoms. The number of nitrogens with one attached hydrogen (secondary N) is 2. The highest BCUT2D eigenvalue weighted by Gasteiger charge is 2.38. The summed E-state index contributed by atoms with van der Waals surface area (Å²) in [4.78, 5) is 0. The molecule has 22 heavy (non-hydrogen) atoms. The lowest BCUT2D eigenvalue weighted by atomic mass is 9.82. The van der Waals surface area contributed by atoms with Crippen molar-refractivity contribution in [2.45, 2.75) is 49.9 Å². The van der Waals surface area contributed by atoms with Crippen LogP contribution in [0.3, 0.4) is 0 Å². The van der Waals surface area contributed by atoms with Crippen LogP contribution in [0.5, 0.6) is 0 Å². The Morgan fingerprint density at radius 2 is 1.00 bits per heavy atom. The highest BCUT2D eigenvalue weighted by Crippen LogP contribution is 2.36. The van der Waals surface area contributed by atoms with Crippen LogP contribution >= 0.6 is 0 Å². The molecule has 2 aromatic rings. The van der Waals surface area contributed by atoms with Crippen molar-refractivity contribution in [2.24, 2.45) is 0 Å². The van der Waals surface area contributed by atoms with E-state index in [1.54, 1.807) is 0 Å². The summed E-state index contributed by atoms with van der Waals surface area (Å²) in [5.74, 6) is 0. The van der Waals surface area contributed by atoms with Crippen molar-refractivity contribution in [1.29, 1.82) is 0 Å². The average molecular weight is 292 g/mol. The minimum Gasteiger partial charge on any atom is -0.304 e. The second-order valence-corrected chi connectivity index (χ2v) is 6.61. The van der Waals surface area contributed by atoms with Crippen molar-refractivity contribution in [2.75, 3.05) is 0 Å². The lowest BCUT2D eigenvalue weighted by Crippen LogP contribution is -2.59. The molecule has 2 aromatic carbocycles. The molecule has 1 heterocycles. The Kier molecular flexibility index (Phi) is 3.96. The molecule has 0 amide bonds. The monoisotopic (exact) mass is 292 g/mol. The third-order valence-corrected chi connectivity index (χ3v) is 5.20. The topological polar surface area (TPSA) is 24.1 Å². The zero-order chi connectivity index (χ0) is 14.8. The van der Waals surface area contributed by atoms with E-state index in [-0.39, 0.29) is 0 Å². The molecule has 2 aliphatic rings. The average Bonchev–Trinajstić information content (AvgIpc) is 2.62. The molecular formula is C20H24N2. The second kappa shape index (κ2) is 6.23. The van der Waals surface area contributed by atoms with E-state index >= 15 is 0 Å². The Bertz CT molecular complexity index is 540. The largest absolute Gasteiger partial charge is 0.304 e. The Morgan fingerprint density at radius 3 is 1.41 bits per heavy atom. The lowest BCUT2D eigenvalue weighted by molar-refractivity contribution is 0.168. The van der Waals surface area contributed by atoms with Gasteiger partial charge >= 0.3 is 0 Å². The molecule has 1 aliphatic carbocycles. The third kappa shape index (κ3) is 2.69. The van der Waals surface area contributed by atoms with Crippen molar-refractivity contribution in [1.82, 2.24) is 10.6 Å². The molecule has 2 N–H and O–H groups in total. The molecule has 0 aromatic heterocycles. The van der Waals surface area contributed by atoms with Gasteiger partial charge in [0.15, 0.2) is 0 Å². The van der Waals surface area contributed by atoms with Crippen LogP contribution in [0.15, 0.2) is 60.7 Å². The maximum absolute atomic E-state index is 3.96. The van der Waals surface area contributed by atoms with E-state index < -0.39 is 0 Å². The number of benzene rings is 2. The van der Waals surface area contributed by atoms with Gasteiger partial charge in [0, 0.05) is 12.1 Å². The van der Waals surface area contributed by atoms with Crippen molar-refractivity contribution in [3.8, 4) is 0 Å². The first-order valence-corrected chi connectivity index (χ1v) is 8.54. The molecular weight excluding hydrogens is 268 g/mol. The van der Waals surface area contributed by atoms with E-state index in [1.165, 1.54) is 36.8 Å². The molecule has 4 atom stereocenters. The first-order chi connectivity index (χ1) is 10.9. The number of fused-ring (bicyclic) bond motifs is 1. The second-order valence-electron chi connectivity index (χ2n) is 6.61. The van der Waals surface area contributed by atoms with Crippen LogP contribution in [0.25, 0.3) is 0 Å². The van der Waals surface area contributed by atoms with E-state index in [2.05, 4.69) is 71.3 Å². The maximum Gasteiger partial charge on any atom is 0.0521 e. The van der Waals surface area contributed by atoms with E-state index in [4.69, 9.17) is 0 Å². The van der Waals surface area contributed by atoms with Gasteiger partial charge in [-0.1, -0.05) is 73.5 Å². The summed E-state index contributed by atoms with van der Waals surface area (Å²) in [6, 6.07) is 23.7. The summed E-state index contributed by atoms with van der Waals surface area (Å²) < 4.78 is 0. The molecule has 2 fully saturated rings. The van der Waals surface area contributed by atoms with Crippen LogP contribution in [0.2, 0.25) is 0 Å². The lowest BCUT2D eigenvalue weighted by Gasteiger charge is -2.46. The maximum atomic E-state index is 3.96. The van der Waals surface area contributed by atoms with Gasteiger partial charge < -0.3 is 10.6 Å². The molecule has 4 rings (SSSR count). The normalized spacial score (nSPS) is 31.5. The number of hydrogen-bond acceptors (Lipinski definition) is 2. The molecule has 2 nitrogen and oxygen atoms in total. The van der Waals surface area contributed by atoms with Gasteiger partial charge in [-0.05, 0) is 24.0 Å². The van der Waals surface area contributed by atoms with Gasteiger partial charge in [0.25, 0.3) is 0 Å². The summed E-state index contributed by atoms with van der Waals surface area (Å²) in [5, 5.41) is 7.92. The number of hydrogen-bond donors (Lipinski definition) is 2. The summed E-state index contributed by atoms with van der Waals surface area (Å²) in [6.45, 7) is 0. The van der Waals surface area contributed by atoms with E-state index in [0.29, 0.717) is 24.2 Å². The summed E-state index contributed by atoms with van der Waals surface area (Å²) >= 11 is 0. The van der Waals surface area contributed by atoms with Gasteiger partial charge in [0.2, 0.25) is 0 Å². The van der Waals surface area contributed by atoms with Gasteiger partial charge in [0.05, 0.1) is 12.1 Å². The summed E-state index contributed by atoms with van der Waals surface area (Å²) in [6.07, 6.45) is 5.30. The van der Waals surface area contributed by atoms with Crippen LogP contribution in [0, 0.1) is 0 Å². The first kappa shape index (κ1) is 14.0. The van der Waals surface area contributed by atoms with Crippen LogP contribution < -0.4 is 10.6 Å². The van der Waals surface area contributed by atoms with Crippen LogP contribution in [0.4, 0.5) is 0 Å². The fourth-order valence-corrected chi connectivity index (χ4v) is 4.08. The Balaban J connectivity index is 1.68. The molecule has 0 radical (unpaired) electrons. The molecule has 114 valence electrons. The Morgan fingerprint density at radius 1 is 0.591 bits per heavy atom. The first-order valence-electron chi connectivity index (χ1n) is 8.54. The molecule has 1 saturated carbocycles. The highest BCUT2D eigenvalue weighted by atomic mass is 15.2. The zero-order valence-electron chi connectivity index (χ0n) is 12.9. The Hall–Kier alpha value is -1.64. The summed E-state index contributed by atoms with van der Waals surface area (Å²) in [5.41, 5.74) is 2.76. The number of piperazine rings is 1.